The summed E-state index contributed by atoms with van der Waals surface area (Å²) in [7, 11) is 0. The average molecular weight is 338 g/mol. The molecule has 2 rings (SSSR count). The lowest BCUT2D eigenvalue weighted by molar-refractivity contribution is 0.0989. The first-order chi connectivity index (χ1) is 9.47. The van der Waals surface area contributed by atoms with Gasteiger partial charge in [-0.25, -0.2) is 4.68 Å². The fraction of sp³-hybridized carbons (Fsp3) is 0.154. The molecule has 20 heavy (non-hydrogen) atoms. The monoisotopic (exact) mass is 337 g/mol. The van der Waals surface area contributed by atoms with E-state index in [-0.39, 0.29) is 12.2 Å². The number of amides is 1. The average Bonchev–Trinajstić information content (AvgIpc) is 2.41. The summed E-state index contributed by atoms with van der Waals surface area (Å²) >= 11 is 3.30. The van der Waals surface area contributed by atoms with Gasteiger partial charge in [-0.3, -0.25) is 9.59 Å². The van der Waals surface area contributed by atoms with Crippen molar-refractivity contribution in [1.29, 1.82) is 0 Å². The predicted octanol–water partition coefficient (Wildman–Crippen LogP) is 0.838. The number of aromatic nitrogens is 2. The Hall–Kier alpha value is -1.99. The molecule has 0 aliphatic carbocycles. The lowest BCUT2D eigenvalue weighted by atomic mass is 10.1. The van der Waals surface area contributed by atoms with Crippen LogP contribution >= 0.6 is 15.9 Å². The first kappa shape index (κ1) is 14.4. The molecule has 1 amide bonds. The minimum Gasteiger partial charge on any atom is -0.386 e. The lowest BCUT2D eigenvalue weighted by Gasteiger charge is -2.12. The highest BCUT2D eigenvalue weighted by atomic mass is 79.9. The number of hydrogen-bond acceptors (Lipinski definition) is 4. The molecule has 0 saturated heterocycles. The van der Waals surface area contributed by atoms with Gasteiger partial charge in [-0.2, -0.15) is 5.10 Å². The number of halogens is 1. The number of aliphatic hydroxyl groups excluding tert-OH is 1. The van der Waals surface area contributed by atoms with E-state index in [4.69, 9.17) is 5.73 Å². The summed E-state index contributed by atoms with van der Waals surface area (Å²) in [5.74, 6) is -0.725. The van der Waals surface area contributed by atoms with Crippen LogP contribution in [0.4, 0.5) is 0 Å². The van der Waals surface area contributed by atoms with Crippen LogP contribution in [0, 0.1) is 0 Å². The molecule has 7 heteroatoms. The Morgan fingerprint density at radius 3 is 2.55 bits per heavy atom. The highest BCUT2D eigenvalue weighted by Gasteiger charge is 2.12. The third-order valence-electron chi connectivity index (χ3n) is 2.72. The second kappa shape index (κ2) is 5.98. The van der Waals surface area contributed by atoms with Crippen molar-refractivity contribution >= 4 is 21.8 Å². The van der Waals surface area contributed by atoms with Crippen LogP contribution in [0.5, 0.6) is 0 Å². The maximum atomic E-state index is 11.6. The second-order valence-electron chi connectivity index (χ2n) is 4.17. The van der Waals surface area contributed by atoms with Crippen LogP contribution in [0.2, 0.25) is 0 Å². The van der Waals surface area contributed by atoms with E-state index in [9.17, 15) is 14.7 Å². The molecule has 0 spiro atoms. The summed E-state index contributed by atoms with van der Waals surface area (Å²) in [6, 6.07) is 9.49. The standard InChI is InChI=1S/C13H12BrN3O3/c14-9-3-1-8(2-4-9)11(18)7-17-12(19)6-5-10(16-17)13(15)20/h1-6,11,18H,7H2,(H2,15,20). The quantitative estimate of drug-likeness (QED) is 0.863. The fourth-order valence-corrected chi connectivity index (χ4v) is 1.93. The molecule has 1 aromatic heterocycles. The second-order valence-corrected chi connectivity index (χ2v) is 5.09. The fourth-order valence-electron chi connectivity index (χ4n) is 1.67. The van der Waals surface area contributed by atoms with E-state index in [1.54, 1.807) is 24.3 Å². The Morgan fingerprint density at radius 2 is 1.95 bits per heavy atom. The molecule has 0 saturated carbocycles. The van der Waals surface area contributed by atoms with Gasteiger partial charge >= 0.3 is 0 Å². The Balaban J connectivity index is 2.25. The van der Waals surface area contributed by atoms with E-state index in [2.05, 4.69) is 21.0 Å². The maximum absolute atomic E-state index is 11.6. The summed E-state index contributed by atoms with van der Waals surface area (Å²) in [5.41, 5.74) is 5.32. The molecule has 3 N–H and O–H groups in total. The number of benzene rings is 1. The number of primary amides is 1. The zero-order valence-corrected chi connectivity index (χ0v) is 11.9. The molecule has 0 radical (unpaired) electrons. The molecule has 1 heterocycles. The van der Waals surface area contributed by atoms with Crippen LogP contribution in [0.1, 0.15) is 22.2 Å². The molecule has 6 nitrogen and oxygen atoms in total. The number of nitrogens with zero attached hydrogens (tertiary/aromatic N) is 2. The van der Waals surface area contributed by atoms with Gasteiger partial charge in [0.25, 0.3) is 11.5 Å². The summed E-state index contributed by atoms with van der Waals surface area (Å²) < 4.78 is 1.91. The van der Waals surface area contributed by atoms with E-state index in [1.807, 2.05) is 0 Å². The molecule has 1 aromatic carbocycles. The van der Waals surface area contributed by atoms with Crippen LogP contribution in [0.3, 0.4) is 0 Å². The van der Waals surface area contributed by atoms with Crippen molar-refractivity contribution in [3.05, 3.63) is 62.5 Å². The third-order valence-corrected chi connectivity index (χ3v) is 3.25. The molecule has 2 aromatic rings. The molecular formula is C13H12BrN3O3. The van der Waals surface area contributed by atoms with Gasteiger partial charge in [0.2, 0.25) is 0 Å². The number of aliphatic hydroxyl groups is 1. The van der Waals surface area contributed by atoms with E-state index in [0.717, 1.165) is 9.15 Å². The highest BCUT2D eigenvalue weighted by Crippen LogP contribution is 2.17. The van der Waals surface area contributed by atoms with Crippen molar-refractivity contribution < 1.29 is 9.90 Å². The van der Waals surface area contributed by atoms with Gasteiger partial charge < -0.3 is 10.8 Å². The molecule has 1 unspecified atom stereocenters. The Morgan fingerprint density at radius 1 is 1.30 bits per heavy atom. The van der Waals surface area contributed by atoms with E-state index in [1.165, 1.54) is 12.1 Å². The highest BCUT2D eigenvalue weighted by molar-refractivity contribution is 9.10. The molecule has 0 aliphatic heterocycles. The molecule has 104 valence electrons. The van der Waals surface area contributed by atoms with Gasteiger partial charge in [0.1, 0.15) is 5.69 Å². The maximum Gasteiger partial charge on any atom is 0.269 e. The molecule has 0 aliphatic rings. The third kappa shape index (κ3) is 3.31. The Labute approximate surface area is 123 Å². The SMILES string of the molecule is NC(=O)c1ccc(=O)n(CC(O)c2ccc(Br)cc2)n1. The van der Waals surface area contributed by atoms with Crippen molar-refractivity contribution in [2.24, 2.45) is 5.73 Å². The summed E-state index contributed by atoms with van der Waals surface area (Å²) in [4.78, 5) is 22.7. The van der Waals surface area contributed by atoms with E-state index in [0.29, 0.717) is 5.56 Å². The molecule has 1 atom stereocenters. The molecule has 0 fully saturated rings. The topological polar surface area (TPSA) is 98.2 Å². The largest absolute Gasteiger partial charge is 0.386 e. The number of carbonyl (C=O) groups excluding carboxylic acids is 1. The van der Waals surface area contributed by atoms with Crippen LogP contribution in [0.25, 0.3) is 0 Å². The van der Waals surface area contributed by atoms with Crippen LogP contribution < -0.4 is 11.3 Å². The predicted molar refractivity (Wildman–Crippen MR) is 76.1 cm³/mol. The van der Waals surface area contributed by atoms with Crippen LogP contribution in [-0.2, 0) is 6.54 Å². The van der Waals surface area contributed by atoms with E-state index >= 15 is 0 Å². The number of carbonyl (C=O) groups is 1. The van der Waals surface area contributed by atoms with Gasteiger partial charge in [0, 0.05) is 10.5 Å². The molecule has 0 bridgehead atoms. The van der Waals surface area contributed by atoms with Crippen LogP contribution in [0.15, 0.2) is 45.7 Å². The summed E-state index contributed by atoms with van der Waals surface area (Å²) in [6.45, 7) is -0.0540. The van der Waals surface area contributed by atoms with Crippen molar-refractivity contribution in [3.8, 4) is 0 Å². The van der Waals surface area contributed by atoms with Gasteiger partial charge in [0.15, 0.2) is 0 Å². The van der Waals surface area contributed by atoms with Crippen molar-refractivity contribution in [2.45, 2.75) is 12.6 Å². The Bertz CT molecular complexity index is 682. The Kier molecular flexibility index (Phi) is 4.31. The normalized spacial score (nSPS) is 12.1. The first-order valence-electron chi connectivity index (χ1n) is 5.79. The summed E-state index contributed by atoms with van der Waals surface area (Å²) in [5, 5.41) is 13.9. The van der Waals surface area contributed by atoms with E-state index < -0.39 is 17.6 Å². The number of nitrogens with two attached hydrogens (primary N) is 1. The first-order valence-corrected chi connectivity index (χ1v) is 6.58. The van der Waals surface area contributed by atoms with Gasteiger partial charge in [-0.15, -0.1) is 0 Å². The number of rotatable bonds is 4. The van der Waals surface area contributed by atoms with Crippen LogP contribution in [-0.4, -0.2) is 20.8 Å². The number of hydrogen-bond donors (Lipinski definition) is 2. The smallest absolute Gasteiger partial charge is 0.269 e. The van der Waals surface area contributed by atoms with Gasteiger partial charge in [0.05, 0.1) is 12.6 Å². The van der Waals surface area contributed by atoms with Gasteiger partial charge in [-0.1, -0.05) is 28.1 Å². The van der Waals surface area contributed by atoms with Crippen molar-refractivity contribution in [2.75, 3.05) is 0 Å². The zero-order chi connectivity index (χ0) is 14.7. The minimum absolute atomic E-state index is 0.0207. The van der Waals surface area contributed by atoms with Gasteiger partial charge in [-0.05, 0) is 23.8 Å². The molecular weight excluding hydrogens is 326 g/mol. The zero-order valence-electron chi connectivity index (χ0n) is 10.4. The summed E-state index contributed by atoms with van der Waals surface area (Å²) in [6.07, 6.45) is -0.906. The minimum atomic E-state index is -0.906. The lowest BCUT2D eigenvalue weighted by Crippen LogP contribution is -2.28. The van der Waals surface area contributed by atoms with Crippen molar-refractivity contribution in [3.63, 3.8) is 0 Å². The van der Waals surface area contributed by atoms with Crippen molar-refractivity contribution in [1.82, 2.24) is 9.78 Å².